The zero-order valence-corrected chi connectivity index (χ0v) is 11.2. The number of carbonyl (C=O) groups is 1. The molecule has 0 bridgehead atoms. The standard InChI is InChI=1S/C10H14BrN3OS/c11-8-5-10(16-7-8)13-9(15)6-14-3-1-12-2-4-14/h5,7,12H,1-4,6H2,(H,13,15). The predicted octanol–water partition coefficient (Wildman–Crippen LogP) is 1.35. The first-order valence-electron chi connectivity index (χ1n) is 5.21. The van der Waals surface area contributed by atoms with E-state index in [-0.39, 0.29) is 5.91 Å². The van der Waals surface area contributed by atoms with Crippen LogP contribution >= 0.6 is 27.3 Å². The van der Waals surface area contributed by atoms with Gasteiger partial charge in [-0.05, 0) is 22.0 Å². The Morgan fingerprint density at radius 3 is 2.94 bits per heavy atom. The maximum absolute atomic E-state index is 11.7. The second-order valence-corrected chi connectivity index (χ2v) is 5.53. The molecule has 0 unspecified atom stereocenters. The molecule has 88 valence electrons. The van der Waals surface area contributed by atoms with Gasteiger partial charge >= 0.3 is 0 Å². The maximum atomic E-state index is 11.7. The molecule has 0 aromatic carbocycles. The van der Waals surface area contributed by atoms with Crippen LogP contribution in [0.15, 0.2) is 15.9 Å². The summed E-state index contributed by atoms with van der Waals surface area (Å²) in [7, 11) is 0. The molecule has 2 N–H and O–H groups in total. The smallest absolute Gasteiger partial charge is 0.239 e. The van der Waals surface area contributed by atoms with Crippen molar-refractivity contribution in [2.45, 2.75) is 0 Å². The van der Waals surface area contributed by atoms with E-state index in [1.165, 1.54) is 11.3 Å². The fourth-order valence-electron chi connectivity index (χ4n) is 1.63. The van der Waals surface area contributed by atoms with Crippen LogP contribution in [0.1, 0.15) is 0 Å². The van der Waals surface area contributed by atoms with Crippen LogP contribution in [0, 0.1) is 0 Å². The van der Waals surface area contributed by atoms with E-state index in [1.807, 2.05) is 11.4 Å². The zero-order chi connectivity index (χ0) is 11.4. The zero-order valence-electron chi connectivity index (χ0n) is 8.83. The average Bonchev–Trinajstić information content (AvgIpc) is 2.65. The molecule has 1 saturated heterocycles. The Hall–Kier alpha value is -0.430. The maximum Gasteiger partial charge on any atom is 0.239 e. The lowest BCUT2D eigenvalue weighted by Crippen LogP contribution is -2.46. The van der Waals surface area contributed by atoms with Gasteiger partial charge in [-0.3, -0.25) is 9.69 Å². The van der Waals surface area contributed by atoms with Crippen LogP contribution in [0.25, 0.3) is 0 Å². The molecule has 1 fully saturated rings. The summed E-state index contributed by atoms with van der Waals surface area (Å²) in [5.41, 5.74) is 0. The first-order valence-corrected chi connectivity index (χ1v) is 6.88. The number of amides is 1. The highest BCUT2D eigenvalue weighted by Crippen LogP contribution is 2.24. The molecule has 1 aromatic heterocycles. The number of nitrogens with one attached hydrogen (secondary N) is 2. The molecule has 1 aliphatic rings. The molecule has 0 atom stereocenters. The minimum atomic E-state index is 0.0660. The van der Waals surface area contributed by atoms with Gasteiger partial charge in [0.15, 0.2) is 0 Å². The third-order valence-corrected chi connectivity index (χ3v) is 4.01. The molecule has 16 heavy (non-hydrogen) atoms. The lowest BCUT2D eigenvalue weighted by molar-refractivity contribution is -0.117. The minimum Gasteiger partial charge on any atom is -0.317 e. The van der Waals surface area contributed by atoms with Crippen molar-refractivity contribution in [2.24, 2.45) is 0 Å². The van der Waals surface area contributed by atoms with Gasteiger partial charge < -0.3 is 10.6 Å². The van der Waals surface area contributed by atoms with Gasteiger partial charge in [-0.1, -0.05) is 0 Å². The second-order valence-electron chi connectivity index (χ2n) is 3.70. The highest BCUT2D eigenvalue weighted by molar-refractivity contribution is 9.10. The van der Waals surface area contributed by atoms with E-state index in [0.29, 0.717) is 6.54 Å². The van der Waals surface area contributed by atoms with E-state index in [9.17, 15) is 4.79 Å². The Bertz CT molecular complexity index is 363. The highest BCUT2D eigenvalue weighted by atomic mass is 79.9. The van der Waals surface area contributed by atoms with E-state index in [2.05, 4.69) is 31.5 Å². The molecule has 1 amide bonds. The largest absolute Gasteiger partial charge is 0.317 e. The number of thiophene rings is 1. The molecule has 0 aliphatic carbocycles. The molecular formula is C10H14BrN3OS. The van der Waals surface area contributed by atoms with Gasteiger partial charge in [-0.15, -0.1) is 11.3 Å². The van der Waals surface area contributed by atoms with Crippen molar-refractivity contribution in [3.05, 3.63) is 15.9 Å². The Kier molecular flexibility index (Phi) is 4.34. The Morgan fingerprint density at radius 2 is 2.31 bits per heavy atom. The van der Waals surface area contributed by atoms with Crippen LogP contribution in [0.3, 0.4) is 0 Å². The SMILES string of the molecule is O=C(CN1CCNCC1)Nc1cc(Br)cs1. The Morgan fingerprint density at radius 1 is 1.56 bits per heavy atom. The first-order chi connectivity index (χ1) is 7.74. The topological polar surface area (TPSA) is 44.4 Å². The summed E-state index contributed by atoms with van der Waals surface area (Å²) in [6.07, 6.45) is 0. The fourth-order valence-corrected chi connectivity index (χ4v) is 2.96. The lowest BCUT2D eigenvalue weighted by Gasteiger charge is -2.26. The van der Waals surface area contributed by atoms with Gasteiger partial charge in [0.05, 0.1) is 11.5 Å². The van der Waals surface area contributed by atoms with E-state index in [4.69, 9.17) is 0 Å². The van der Waals surface area contributed by atoms with Gasteiger partial charge in [0.25, 0.3) is 0 Å². The molecule has 2 rings (SSSR count). The van der Waals surface area contributed by atoms with Crippen molar-refractivity contribution in [3.63, 3.8) is 0 Å². The second kappa shape index (κ2) is 5.77. The Labute approximate surface area is 107 Å². The molecule has 4 nitrogen and oxygen atoms in total. The van der Waals surface area contributed by atoms with Crippen LogP contribution in [0.5, 0.6) is 0 Å². The van der Waals surface area contributed by atoms with Gasteiger partial charge in [0, 0.05) is 36.0 Å². The summed E-state index contributed by atoms with van der Waals surface area (Å²) in [5.74, 6) is 0.0660. The van der Waals surface area contributed by atoms with Gasteiger partial charge in [-0.25, -0.2) is 0 Å². The normalized spacial score (nSPS) is 17.3. The Balaban J connectivity index is 1.79. The summed E-state index contributed by atoms with van der Waals surface area (Å²) in [4.78, 5) is 13.9. The van der Waals surface area contributed by atoms with Crippen LogP contribution in [0.4, 0.5) is 5.00 Å². The number of halogens is 1. The van der Waals surface area contributed by atoms with Crippen LogP contribution < -0.4 is 10.6 Å². The summed E-state index contributed by atoms with van der Waals surface area (Å²) < 4.78 is 1.01. The number of nitrogens with zero attached hydrogens (tertiary/aromatic N) is 1. The molecule has 1 aliphatic heterocycles. The van der Waals surface area contributed by atoms with Crippen LogP contribution in [-0.4, -0.2) is 43.5 Å². The van der Waals surface area contributed by atoms with E-state index in [1.54, 1.807) is 0 Å². The number of anilines is 1. The molecular weight excluding hydrogens is 290 g/mol. The number of rotatable bonds is 3. The third-order valence-electron chi connectivity index (χ3n) is 2.41. The quantitative estimate of drug-likeness (QED) is 0.886. The summed E-state index contributed by atoms with van der Waals surface area (Å²) in [6, 6.07) is 1.92. The van der Waals surface area contributed by atoms with Crippen LogP contribution in [0.2, 0.25) is 0 Å². The van der Waals surface area contributed by atoms with Crippen molar-refractivity contribution in [2.75, 3.05) is 38.0 Å². The van der Waals surface area contributed by atoms with Crippen molar-refractivity contribution >= 4 is 38.2 Å². The predicted molar refractivity (Wildman–Crippen MR) is 70.0 cm³/mol. The van der Waals surface area contributed by atoms with Crippen molar-refractivity contribution in [1.82, 2.24) is 10.2 Å². The highest BCUT2D eigenvalue weighted by Gasteiger charge is 2.13. The van der Waals surface area contributed by atoms with Crippen molar-refractivity contribution in [3.8, 4) is 0 Å². The molecule has 6 heteroatoms. The van der Waals surface area contributed by atoms with Crippen molar-refractivity contribution in [1.29, 1.82) is 0 Å². The summed E-state index contributed by atoms with van der Waals surface area (Å²) in [5, 5.41) is 9.02. The van der Waals surface area contributed by atoms with E-state index >= 15 is 0 Å². The molecule has 0 saturated carbocycles. The molecule has 0 spiro atoms. The number of hydrogen-bond donors (Lipinski definition) is 2. The van der Waals surface area contributed by atoms with Crippen molar-refractivity contribution < 1.29 is 4.79 Å². The van der Waals surface area contributed by atoms with Gasteiger partial charge in [0.1, 0.15) is 0 Å². The minimum absolute atomic E-state index is 0.0660. The van der Waals surface area contributed by atoms with Crippen LogP contribution in [-0.2, 0) is 4.79 Å². The first kappa shape index (κ1) is 12.0. The summed E-state index contributed by atoms with van der Waals surface area (Å²) >= 11 is 4.89. The number of hydrogen-bond acceptors (Lipinski definition) is 4. The lowest BCUT2D eigenvalue weighted by atomic mass is 10.3. The molecule has 2 heterocycles. The monoisotopic (exact) mass is 303 g/mol. The average molecular weight is 304 g/mol. The summed E-state index contributed by atoms with van der Waals surface area (Å²) in [6.45, 7) is 4.32. The molecule has 1 aromatic rings. The van der Waals surface area contributed by atoms with Gasteiger partial charge in [-0.2, -0.15) is 0 Å². The number of carbonyl (C=O) groups excluding carboxylic acids is 1. The van der Waals surface area contributed by atoms with Gasteiger partial charge in [0.2, 0.25) is 5.91 Å². The van der Waals surface area contributed by atoms with E-state index in [0.717, 1.165) is 35.7 Å². The molecule has 0 radical (unpaired) electrons. The third kappa shape index (κ3) is 3.55. The number of piperazine rings is 1. The van der Waals surface area contributed by atoms with E-state index < -0.39 is 0 Å². The fraction of sp³-hybridized carbons (Fsp3) is 0.500.